The maximum absolute atomic E-state index is 12.5. The molecule has 0 bridgehead atoms. The van der Waals surface area contributed by atoms with E-state index in [4.69, 9.17) is 19.3 Å². The molecule has 0 amide bonds. The van der Waals surface area contributed by atoms with E-state index < -0.39 is 36.7 Å². The quantitative estimate of drug-likeness (QED) is 0.328. The zero-order valence-corrected chi connectivity index (χ0v) is 15.6. The van der Waals surface area contributed by atoms with Gasteiger partial charge in [0.25, 0.3) is 0 Å². The highest BCUT2D eigenvalue weighted by atomic mass is 16.6. The third-order valence-corrected chi connectivity index (χ3v) is 5.59. The number of allylic oxidation sites excluding steroid dienone is 1. The number of epoxide rings is 1. The normalized spacial score (nSPS) is 36.3. The maximum atomic E-state index is 12.5. The van der Waals surface area contributed by atoms with Crippen LogP contribution in [-0.2, 0) is 23.8 Å². The third-order valence-electron chi connectivity index (χ3n) is 5.59. The first-order valence-corrected chi connectivity index (χ1v) is 9.15. The first kappa shape index (κ1) is 19.8. The fraction of sp³-hybridized carbons (Fsp3) is 0.600. The molecular weight excluding hydrogens is 352 g/mol. The number of hydrogen-bond acceptors (Lipinski definition) is 7. The van der Waals surface area contributed by atoms with Gasteiger partial charge in [-0.3, -0.25) is 0 Å². The maximum Gasteiger partial charge on any atom is 0.336 e. The van der Waals surface area contributed by atoms with Crippen LogP contribution in [0.25, 0.3) is 0 Å². The second-order valence-corrected chi connectivity index (χ2v) is 7.58. The van der Waals surface area contributed by atoms with Crippen LogP contribution >= 0.6 is 0 Å². The second kappa shape index (κ2) is 7.58. The average Bonchev–Trinajstić information content (AvgIpc) is 3.19. The lowest BCUT2D eigenvalue weighted by Gasteiger charge is -2.28. The predicted molar refractivity (Wildman–Crippen MR) is 95.5 cm³/mol. The molecule has 0 unspecified atom stereocenters. The summed E-state index contributed by atoms with van der Waals surface area (Å²) in [6.07, 6.45) is 3.85. The summed E-state index contributed by atoms with van der Waals surface area (Å²) in [6.45, 7) is 6.86. The molecule has 0 aromatic heterocycles. The molecule has 2 heterocycles. The molecule has 0 saturated carbocycles. The number of hydrogen-bond donors (Lipinski definition) is 2. The summed E-state index contributed by atoms with van der Waals surface area (Å²) < 4.78 is 17.1. The summed E-state index contributed by atoms with van der Waals surface area (Å²) in [4.78, 5) is 24.6. The lowest BCUT2D eigenvalue weighted by molar-refractivity contribution is -0.149. The van der Waals surface area contributed by atoms with Gasteiger partial charge in [-0.05, 0) is 32.8 Å². The minimum atomic E-state index is -0.730. The Kier molecular flexibility index (Phi) is 5.55. The van der Waals surface area contributed by atoms with E-state index in [1.807, 2.05) is 13.8 Å². The third kappa shape index (κ3) is 3.85. The van der Waals surface area contributed by atoms with Gasteiger partial charge in [0.15, 0.2) is 0 Å². The minimum Gasteiger partial charge on any atom is -0.458 e. The summed E-state index contributed by atoms with van der Waals surface area (Å²) in [5.74, 6) is -1.76. The Morgan fingerprint density at radius 2 is 2.22 bits per heavy atom. The lowest BCUT2D eigenvalue weighted by atomic mass is 9.82. The molecule has 0 spiro atoms. The number of fused-ring (bicyclic) bond motifs is 3. The number of aliphatic hydroxyl groups is 2. The number of rotatable bonds is 4. The van der Waals surface area contributed by atoms with Crippen LogP contribution in [0.4, 0.5) is 0 Å². The molecule has 148 valence electrons. The minimum absolute atomic E-state index is 0.0314. The van der Waals surface area contributed by atoms with Crippen LogP contribution < -0.4 is 0 Å². The molecule has 0 radical (unpaired) electrons. The van der Waals surface area contributed by atoms with Crippen LogP contribution in [0, 0.1) is 5.92 Å². The van der Waals surface area contributed by atoms with Crippen molar-refractivity contribution < 1.29 is 34.0 Å². The monoisotopic (exact) mass is 378 g/mol. The lowest BCUT2D eigenvalue weighted by Crippen LogP contribution is -2.38. The van der Waals surface area contributed by atoms with Crippen LogP contribution in [0.5, 0.6) is 0 Å². The average molecular weight is 378 g/mol. The molecule has 2 aliphatic heterocycles. The number of aliphatic hydroxyl groups excluding tert-OH is 2. The molecule has 27 heavy (non-hydrogen) atoms. The van der Waals surface area contributed by atoms with Crippen molar-refractivity contribution in [3.05, 3.63) is 35.5 Å². The van der Waals surface area contributed by atoms with Crippen molar-refractivity contribution in [1.82, 2.24) is 0 Å². The first-order chi connectivity index (χ1) is 12.8. The van der Waals surface area contributed by atoms with Crippen LogP contribution in [0.3, 0.4) is 0 Å². The molecule has 2 N–H and O–H groups in total. The van der Waals surface area contributed by atoms with Crippen LogP contribution in [0.1, 0.15) is 33.1 Å². The van der Waals surface area contributed by atoms with Crippen LogP contribution in [0.2, 0.25) is 0 Å². The summed E-state index contributed by atoms with van der Waals surface area (Å²) in [7, 11) is 0. The van der Waals surface area contributed by atoms with Crippen molar-refractivity contribution in [3.63, 3.8) is 0 Å². The van der Waals surface area contributed by atoms with Crippen molar-refractivity contribution >= 4 is 11.9 Å². The predicted octanol–water partition coefficient (Wildman–Crippen LogP) is 1.19. The van der Waals surface area contributed by atoms with Gasteiger partial charge in [-0.1, -0.05) is 18.2 Å². The molecule has 3 rings (SSSR count). The van der Waals surface area contributed by atoms with Gasteiger partial charge in [0.2, 0.25) is 0 Å². The van der Waals surface area contributed by atoms with E-state index in [2.05, 4.69) is 12.7 Å². The molecule has 5 atom stereocenters. The summed E-state index contributed by atoms with van der Waals surface area (Å²) >= 11 is 0. The van der Waals surface area contributed by atoms with E-state index in [9.17, 15) is 14.7 Å². The molecule has 7 heteroatoms. The van der Waals surface area contributed by atoms with E-state index >= 15 is 0 Å². The zero-order valence-electron chi connectivity index (χ0n) is 15.6. The summed E-state index contributed by atoms with van der Waals surface area (Å²) in [6, 6.07) is 0. The van der Waals surface area contributed by atoms with Crippen LogP contribution in [-0.4, -0.2) is 59.3 Å². The number of esters is 2. The van der Waals surface area contributed by atoms with E-state index in [0.717, 1.165) is 18.4 Å². The Morgan fingerprint density at radius 3 is 2.89 bits per heavy atom. The largest absolute Gasteiger partial charge is 0.458 e. The number of carbonyl (C=O) groups excluding carboxylic acids is 2. The van der Waals surface area contributed by atoms with Gasteiger partial charge in [0, 0.05) is 12.0 Å². The van der Waals surface area contributed by atoms with E-state index in [-0.39, 0.29) is 29.5 Å². The summed E-state index contributed by atoms with van der Waals surface area (Å²) in [5.41, 5.74) is 0.888. The number of carbonyl (C=O) groups is 2. The van der Waals surface area contributed by atoms with E-state index in [1.165, 1.54) is 6.08 Å². The van der Waals surface area contributed by atoms with Gasteiger partial charge < -0.3 is 24.4 Å². The molecule has 2 fully saturated rings. The van der Waals surface area contributed by atoms with E-state index in [0.29, 0.717) is 6.42 Å². The molecule has 2 saturated heterocycles. The van der Waals surface area contributed by atoms with Crippen molar-refractivity contribution in [1.29, 1.82) is 0 Å². The molecule has 3 aliphatic rings. The van der Waals surface area contributed by atoms with Gasteiger partial charge in [-0.2, -0.15) is 0 Å². The highest BCUT2D eigenvalue weighted by Gasteiger charge is 2.63. The highest BCUT2D eigenvalue weighted by Crippen LogP contribution is 2.50. The molecule has 7 nitrogen and oxygen atoms in total. The van der Waals surface area contributed by atoms with Gasteiger partial charge in [-0.25, -0.2) is 9.59 Å². The SMILES string of the molecule is C=C1C(=O)O[C@H]2[C@H]1[C@@H](OC(=O)/C(=C/CO)CO)CC(C)=CCC[C@@]1(C)O[C@@H]21. The van der Waals surface area contributed by atoms with Gasteiger partial charge in [-0.15, -0.1) is 0 Å². The van der Waals surface area contributed by atoms with Crippen molar-refractivity contribution in [3.8, 4) is 0 Å². The van der Waals surface area contributed by atoms with Crippen molar-refractivity contribution in [2.45, 2.75) is 57.0 Å². The van der Waals surface area contributed by atoms with Crippen LogP contribution in [0.15, 0.2) is 35.5 Å². The topological polar surface area (TPSA) is 106 Å². The van der Waals surface area contributed by atoms with Gasteiger partial charge in [0.1, 0.15) is 18.3 Å². The van der Waals surface area contributed by atoms with Crippen molar-refractivity contribution in [2.75, 3.05) is 13.2 Å². The van der Waals surface area contributed by atoms with Gasteiger partial charge in [0.05, 0.1) is 30.3 Å². The Labute approximate surface area is 158 Å². The molecule has 0 aromatic carbocycles. The Balaban J connectivity index is 1.92. The van der Waals surface area contributed by atoms with Gasteiger partial charge >= 0.3 is 11.9 Å². The molecular formula is C20H26O7. The highest BCUT2D eigenvalue weighted by molar-refractivity contribution is 5.92. The first-order valence-electron chi connectivity index (χ1n) is 9.15. The number of ether oxygens (including phenoxy) is 3. The molecule has 0 aromatic rings. The Bertz CT molecular complexity index is 707. The Hall–Kier alpha value is -1.96. The second-order valence-electron chi connectivity index (χ2n) is 7.58. The fourth-order valence-corrected chi connectivity index (χ4v) is 3.95. The standard InChI is InChI=1S/C20H26O7/c1-11-5-4-7-20(3)17(27-20)16-15(12(2)18(23)26-16)14(9-11)25-19(24)13(10-22)6-8-21/h5-6,14-17,21-22H,2,4,7-10H2,1,3H3/b11-5?,13-6+/t14-,15+,16-,17-,20+/m0/s1. The fourth-order valence-electron chi connectivity index (χ4n) is 3.95. The Morgan fingerprint density at radius 1 is 1.48 bits per heavy atom. The summed E-state index contributed by atoms with van der Waals surface area (Å²) in [5, 5.41) is 18.4. The zero-order chi connectivity index (χ0) is 19.8. The van der Waals surface area contributed by atoms with Crippen molar-refractivity contribution in [2.24, 2.45) is 5.92 Å². The van der Waals surface area contributed by atoms with E-state index in [1.54, 1.807) is 0 Å². The molecule has 1 aliphatic carbocycles. The smallest absolute Gasteiger partial charge is 0.336 e.